The largest absolute Gasteiger partial charge is 0.401 e. The molecule has 2 N–H and O–H groups in total. The lowest BCUT2D eigenvalue weighted by Gasteiger charge is -2.19. The van der Waals surface area contributed by atoms with Crippen LogP contribution in [0, 0.1) is 0 Å². The summed E-state index contributed by atoms with van der Waals surface area (Å²) in [6, 6.07) is -0.0577. The Labute approximate surface area is 191 Å². The zero-order chi connectivity index (χ0) is 20.9. The number of aryl methyl sites for hydroxylation is 2. The van der Waals surface area contributed by atoms with Gasteiger partial charge in [-0.15, -0.1) is 24.0 Å². The first-order valence-corrected chi connectivity index (χ1v) is 10.4. The summed E-state index contributed by atoms with van der Waals surface area (Å²) < 4.78 is 40.9. The Bertz CT molecular complexity index is 762. The van der Waals surface area contributed by atoms with E-state index in [0.717, 1.165) is 31.6 Å². The zero-order valence-corrected chi connectivity index (χ0v) is 19.6. The summed E-state index contributed by atoms with van der Waals surface area (Å²) in [5.41, 5.74) is -0.0515. The second kappa shape index (κ2) is 11.3. The molecule has 1 atom stereocenters. The van der Waals surface area contributed by atoms with Crippen LogP contribution in [0.3, 0.4) is 0 Å². The summed E-state index contributed by atoms with van der Waals surface area (Å²) in [6.45, 7) is 4.25. The van der Waals surface area contributed by atoms with Gasteiger partial charge < -0.3 is 10.6 Å². The van der Waals surface area contributed by atoms with E-state index in [-0.39, 0.29) is 35.7 Å². The van der Waals surface area contributed by atoms with E-state index in [1.807, 2.05) is 6.92 Å². The molecule has 3 heterocycles. The van der Waals surface area contributed by atoms with E-state index in [1.54, 1.807) is 4.57 Å². The van der Waals surface area contributed by atoms with Crippen molar-refractivity contribution in [2.75, 3.05) is 32.7 Å². The smallest absolute Gasteiger partial charge is 0.357 e. The molecule has 0 aromatic carbocycles. The van der Waals surface area contributed by atoms with Crippen LogP contribution in [0.5, 0.6) is 0 Å². The molecule has 1 saturated heterocycles. The first-order chi connectivity index (χ1) is 13.9. The van der Waals surface area contributed by atoms with E-state index in [2.05, 4.69) is 20.7 Å². The number of aliphatic imine (C=N–C) groups is 1. The third-order valence-electron chi connectivity index (χ3n) is 5.19. The van der Waals surface area contributed by atoms with Gasteiger partial charge >= 0.3 is 11.9 Å². The van der Waals surface area contributed by atoms with Gasteiger partial charge in [0.25, 0.3) is 0 Å². The highest BCUT2D eigenvalue weighted by atomic mass is 127. The molecule has 0 radical (unpaired) electrons. The SMILES string of the molecule is CCNC(=NCCCn1nc2n(c1=O)CCCC2)NC1CCN(CC(F)(F)F)C1.I. The molecule has 0 saturated carbocycles. The summed E-state index contributed by atoms with van der Waals surface area (Å²) >= 11 is 0. The highest BCUT2D eigenvalue weighted by Gasteiger charge is 2.34. The maximum Gasteiger partial charge on any atom is 0.401 e. The van der Waals surface area contributed by atoms with Gasteiger partial charge in [0, 0.05) is 51.7 Å². The van der Waals surface area contributed by atoms with Gasteiger partial charge in [-0.2, -0.15) is 18.3 Å². The Morgan fingerprint density at radius 2 is 2.10 bits per heavy atom. The average Bonchev–Trinajstić information content (AvgIpc) is 3.22. The van der Waals surface area contributed by atoms with E-state index < -0.39 is 12.7 Å². The minimum absolute atomic E-state index is 0. The number of nitrogens with one attached hydrogen (secondary N) is 2. The van der Waals surface area contributed by atoms with Gasteiger partial charge in [0.05, 0.1) is 6.54 Å². The Balaban J connectivity index is 0.00000320. The third-order valence-corrected chi connectivity index (χ3v) is 5.19. The second-order valence-electron chi connectivity index (χ2n) is 7.63. The number of fused-ring (bicyclic) bond motifs is 1. The van der Waals surface area contributed by atoms with E-state index >= 15 is 0 Å². The molecule has 172 valence electrons. The molecule has 1 fully saturated rings. The topological polar surface area (TPSA) is 79.5 Å². The molecule has 0 spiro atoms. The minimum Gasteiger partial charge on any atom is -0.357 e. The van der Waals surface area contributed by atoms with Gasteiger partial charge in [-0.05, 0) is 32.6 Å². The molecular weight excluding hydrogens is 514 g/mol. The Morgan fingerprint density at radius 3 is 2.80 bits per heavy atom. The number of alkyl halides is 3. The molecule has 3 rings (SSSR count). The summed E-state index contributed by atoms with van der Waals surface area (Å²) in [6.07, 6.45) is 0.0790. The van der Waals surface area contributed by atoms with Crippen molar-refractivity contribution in [1.82, 2.24) is 29.9 Å². The van der Waals surface area contributed by atoms with Crippen molar-refractivity contribution in [1.29, 1.82) is 0 Å². The van der Waals surface area contributed by atoms with Gasteiger partial charge in [0.15, 0.2) is 5.96 Å². The lowest BCUT2D eigenvalue weighted by molar-refractivity contribution is -0.143. The maximum atomic E-state index is 12.5. The van der Waals surface area contributed by atoms with E-state index in [9.17, 15) is 18.0 Å². The van der Waals surface area contributed by atoms with Crippen molar-refractivity contribution in [3.8, 4) is 0 Å². The highest BCUT2D eigenvalue weighted by Crippen LogP contribution is 2.19. The molecule has 2 aliphatic heterocycles. The fraction of sp³-hybridized carbons (Fsp3) is 0.833. The number of rotatable bonds is 7. The van der Waals surface area contributed by atoms with E-state index in [0.29, 0.717) is 51.5 Å². The molecule has 0 amide bonds. The van der Waals surface area contributed by atoms with Gasteiger partial charge in [-0.25, -0.2) is 9.48 Å². The number of hydrogen-bond donors (Lipinski definition) is 2. The van der Waals surface area contributed by atoms with Crippen LogP contribution in [0.25, 0.3) is 0 Å². The van der Waals surface area contributed by atoms with E-state index in [1.165, 1.54) is 9.58 Å². The Hall–Kier alpha value is -1.31. The summed E-state index contributed by atoms with van der Waals surface area (Å²) in [5, 5.41) is 10.8. The fourth-order valence-corrected chi connectivity index (χ4v) is 3.87. The molecule has 1 unspecified atom stereocenters. The standard InChI is InChI=1S/C18H30F3N7O.HI/c1-2-22-16(24-14-7-11-26(12-14)13-18(19,20)21)23-8-5-10-28-17(29)27-9-4-3-6-15(27)25-28;/h14H,2-13H2,1H3,(H2,22,23,24);1H. The van der Waals surface area contributed by atoms with Crippen LogP contribution in [-0.4, -0.2) is 70.1 Å². The number of hydrogen-bond acceptors (Lipinski definition) is 4. The van der Waals surface area contributed by atoms with Crippen LogP contribution in [0.4, 0.5) is 13.2 Å². The second-order valence-corrected chi connectivity index (χ2v) is 7.63. The molecule has 2 aliphatic rings. The quantitative estimate of drug-likeness (QED) is 0.236. The molecule has 12 heteroatoms. The maximum absolute atomic E-state index is 12.5. The summed E-state index contributed by atoms with van der Waals surface area (Å²) in [5.74, 6) is 1.47. The number of likely N-dealkylation sites (tertiary alicyclic amines) is 1. The van der Waals surface area contributed by atoms with E-state index in [4.69, 9.17) is 0 Å². The molecule has 1 aromatic heterocycles. The van der Waals surface area contributed by atoms with Gasteiger partial charge in [-0.3, -0.25) is 14.5 Å². The monoisotopic (exact) mass is 545 g/mol. The van der Waals surface area contributed by atoms with Crippen molar-refractivity contribution < 1.29 is 13.2 Å². The van der Waals surface area contributed by atoms with Crippen LogP contribution in [0.2, 0.25) is 0 Å². The molecule has 0 aliphatic carbocycles. The third kappa shape index (κ3) is 7.13. The molecular formula is C18H31F3IN7O. The fourth-order valence-electron chi connectivity index (χ4n) is 3.87. The number of halogens is 4. The van der Waals surface area contributed by atoms with Crippen molar-refractivity contribution in [3.63, 3.8) is 0 Å². The van der Waals surface area contributed by atoms with Crippen LogP contribution >= 0.6 is 24.0 Å². The van der Waals surface area contributed by atoms with Crippen molar-refractivity contribution in [2.24, 2.45) is 4.99 Å². The van der Waals surface area contributed by atoms with Crippen LogP contribution < -0.4 is 16.3 Å². The van der Waals surface area contributed by atoms with Crippen LogP contribution in [-0.2, 0) is 19.5 Å². The van der Waals surface area contributed by atoms with Gasteiger partial charge in [-0.1, -0.05) is 0 Å². The van der Waals surface area contributed by atoms with Crippen molar-refractivity contribution >= 4 is 29.9 Å². The van der Waals surface area contributed by atoms with Crippen molar-refractivity contribution in [3.05, 3.63) is 16.3 Å². The first kappa shape index (κ1) is 25.0. The minimum atomic E-state index is -4.17. The first-order valence-electron chi connectivity index (χ1n) is 10.4. The van der Waals surface area contributed by atoms with Crippen molar-refractivity contribution in [2.45, 2.75) is 64.3 Å². The number of nitrogens with zero attached hydrogens (tertiary/aromatic N) is 5. The number of guanidine groups is 1. The number of aromatic nitrogens is 3. The Morgan fingerprint density at radius 1 is 1.30 bits per heavy atom. The predicted octanol–water partition coefficient (Wildman–Crippen LogP) is 1.58. The molecule has 1 aromatic rings. The molecule has 8 nitrogen and oxygen atoms in total. The molecule has 30 heavy (non-hydrogen) atoms. The Kier molecular flexibility index (Phi) is 9.44. The highest BCUT2D eigenvalue weighted by molar-refractivity contribution is 14.0. The average molecular weight is 545 g/mol. The van der Waals surface area contributed by atoms with Crippen LogP contribution in [0.15, 0.2) is 9.79 Å². The summed E-state index contributed by atoms with van der Waals surface area (Å²) in [4.78, 5) is 18.2. The lowest BCUT2D eigenvalue weighted by atomic mass is 10.2. The zero-order valence-electron chi connectivity index (χ0n) is 17.2. The lowest BCUT2D eigenvalue weighted by Crippen LogP contribution is -2.45. The van der Waals surface area contributed by atoms with Gasteiger partial charge in [0.1, 0.15) is 5.82 Å². The van der Waals surface area contributed by atoms with Gasteiger partial charge in [0.2, 0.25) is 0 Å². The van der Waals surface area contributed by atoms with Crippen LogP contribution in [0.1, 0.15) is 38.4 Å². The molecule has 0 bridgehead atoms. The summed E-state index contributed by atoms with van der Waals surface area (Å²) in [7, 11) is 0. The normalized spacial score (nSPS) is 20.0. The predicted molar refractivity (Wildman–Crippen MR) is 119 cm³/mol.